The van der Waals surface area contributed by atoms with Crippen molar-refractivity contribution in [2.24, 2.45) is 0 Å². The number of ether oxygens (including phenoxy) is 1. The molecule has 2 aromatic carbocycles. The number of carbonyl (C=O) groups excluding carboxylic acids is 1. The van der Waals surface area contributed by atoms with E-state index in [1.54, 1.807) is 36.4 Å². The number of anilines is 1. The smallest absolute Gasteiger partial charge is 0.262 e. The molecule has 0 aliphatic rings. The average molecular weight is 388 g/mol. The van der Waals surface area contributed by atoms with E-state index >= 15 is 0 Å². The van der Waals surface area contributed by atoms with Gasteiger partial charge in [-0.3, -0.25) is 4.79 Å². The van der Waals surface area contributed by atoms with Crippen molar-refractivity contribution in [1.82, 2.24) is 0 Å². The molecule has 24 heavy (non-hydrogen) atoms. The molecule has 2 rings (SSSR count). The van der Waals surface area contributed by atoms with Crippen molar-refractivity contribution in [3.8, 4) is 5.75 Å². The summed E-state index contributed by atoms with van der Waals surface area (Å²) in [6.07, 6.45) is 1.15. The van der Waals surface area contributed by atoms with E-state index < -0.39 is 15.7 Å². The lowest BCUT2D eigenvalue weighted by Gasteiger charge is -2.10. The summed E-state index contributed by atoms with van der Waals surface area (Å²) in [4.78, 5) is 11.9. The molecular formula is C16H15Cl2NO4S. The molecule has 1 N–H and O–H groups in total. The number of hydrogen-bond acceptors (Lipinski definition) is 4. The van der Waals surface area contributed by atoms with Crippen LogP contribution in [0.25, 0.3) is 0 Å². The van der Waals surface area contributed by atoms with E-state index in [4.69, 9.17) is 27.9 Å². The SMILES string of the molecule is CS(=O)(=O)Cc1cccc(NC(=O)COc2ccc(Cl)cc2Cl)c1. The second kappa shape index (κ2) is 7.88. The quantitative estimate of drug-likeness (QED) is 0.822. The van der Waals surface area contributed by atoms with Crippen LogP contribution in [-0.2, 0) is 20.4 Å². The molecule has 0 bridgehead atoms. The van der Waals surface area contributed by atoms with Crippen LogP contribution < -0.4 is 10.1 Å². The van der Waals surface area contributed by atoms with Crippen molar-refractivity contribution >= 4 is 44.6 Å². The lowest BCUT2D eigenvalue weighted by atomic mass is 10.2. The van der Waals surface area contributed by atoms with Gasteiger partial charge in [-0.15, -0.1) is 0 Å². The van der Waals surface area contributed by atoms with Crippen LogP contribution in [0.4, 0.5) is 5.69 Å². The summed E-state index contributed by atoms with van der Waals surface area (Å²) in [5.74, 6) is -0.132. The first-order chi connectivity index (χ1) is 11.2. The fraction of sp³-hybridized carbons (Fsp3) is 0.188. The summed E-state index contributed by atoms with van der Waals surface area (Å²) >= 11 is 11.7. The van der Waals surface area contributed by atoms with Crippen LogP contribution in [0.1, 0.15) is 5.56 Å². The van der Waals surface area contributed by atoms with E-state index in [1.807, 2.05) is 0 Å². The Morgan fingerprint density at radius 2 is 1.92 bits per heavy atom. The van der Waals surface area contributed by atoms with E-state index in [-0.39, 0.29) is 12.4 Å². The molecule has 5 nitrogen and oxygen atoms in total. The maximum absolute atomic E-state index is 11.9. The molecule has 0 saturated heterocycles. The Balaban J connectivity index is 1.96. The number of hydrogen-bond donors (Lipinski definition) is 1. The van der Waals surface area contributed by atoms with Crippen LogP contribution in [0.2, 0.25) is 10.0 Å². The Morgan fingerprint density at radius 1 is 1.17 bits per heavy atom. The van der Waals surface area contributed by atoms with Gasteiger partial charge in [0.2, 0.25) is 0 Å². The van der Waals surface area contributed by atoms with Gasteiger partial charge in [0.1, 0.15) is 5.75 Å². The highest BCUT2D eigenvalue weighted by Crippen LogP contribution is 2.27. The zero-order valence-electron chi connectivity index (χ0n) is 12.8. The zero-order chi connectivity index (χ0) is 17.7. The van der Waals surface area contributed by atoms with Crippen LogP contribution in [0, 0.1) is 0 Å². The first kappa shape index (κ1) is 18.6. The van der Waals surface area contributed by atoms with Crippen molar-refractivity contribution in [1.29, 1.82) is 0 Å². The second-order valence-electron chi connectivity index (χ2n) is 5.18. The summed E-state index contributed by atoms with van der Waals surface area (Å²) in [5, 5.41) is 3.42. The molecule has 8 heteroatoms. The summed E-state index contributed by atoms with van der Waals surface area (Å²) in [5.41, 5.74) is 1.09. The number of sulfone groups is 1. The lowest BCUT2D eigenvalue weighted by Crippen LogP contribution is -2.20. The number of rotatable bonds is 6. The number of carbonyl (C=O) groups is 1. The van der Waals surface area contributed by atoms with Gasteiger partial charge in [0.05, 0.1) is 10.8 Å². The molecule has 0 fully saturated rings. The fourth-order valence-corrected chi connectivity index (χ4v) is 3.22. The van der Waals surface area contributed by atoms with E-state index in [2.05, 4.69) is 5.32 Å². The Labute approximate surface area is 150 Å². The van der Waals surface area contributed by atoms with Gasteiger partial charge < -0.3 is 10.1 Å². The largest absolute Gasteiger partial charge is 0.482 e. The van der Waals surface area contributed by atoms with Gasteiger partial charge in [-0.05, 0) is 35.9 Å². The van der Waals surface area contributed by atoms with Crippen LogP contribution in [-0.4, -0.2) is 27.2 Å². The van der Waals surface area contributed by atoms with Crippen LogP contribution in [0.5, 0.6) is 5.75 Å². The minimum atomic E-state index is -3.14. The van der Waals surface area contributed by atoms with Crippen molar-refractivity contribution in [3.05, 3.63) is 58.1 Å². The summed E-state index contributed by atoms with van der Waals surface area (Å²) in [7, 11) is -3.14. The van der Waals surface area contributed by atoms with Crippen molar-refractivity contribution in [3.63, 3.8) is 0 Å². The first-order valence-corrected chi connectivity index (χ1v) is 9.69. The van der Waals surface area contributed by atoms with Crippen molar-refractivity contribution < 1.29 is 17.9 Å². The van der Waals surface area contributed by atoms with Gasteiger partial charge in [0.25, 0.3) is 5.91 Å². The predicted molar refractivity (Wildman–Crippen MR) is 95.6 cm³/mol. The maximum atomic E-state index is 11.9. The van der Waals surface area contributed by atoms with Crippen LogP contribution in [0.15, 0.2) is 42.5 Å². The van der Waals surface area contributed by atoms with Crippen LogP contribution in [0.3, 0.4) is 0 Å². The lowest BCUT2D eigenvalue weighted by molar-refractivity contribution is -0.118. The normalized spacial score (nSPS) is 11.1. The monoisotopic (exact) mass is 387 g/mol. The molecule has 0 radical (unpaired) electrons. The minimum absolute atomic E-state index is 0.0897. The second-order valence-corrected chi connectivity index (χ2v) is 8.17. The molecule has 2 aromatic rings. The molecular weight excluding hydrogens is 373 g/mol. The highest BCUT2D eigenvalue weighted by Gasteiger charge is 2.09. The molecule has 0 heterocycles. The summed E-state index contributed by atoms with van der Waals surface area (Å²) in [6.45, 7) is -0.238. The Kier molecular flexibility index (Phi) is 6.10. The standard InChI is InChI=1S/C16H15Cl2NO4S/c1-24(21,22)10-11-3-2-4-13(7-11)19-16(20)9-23-15-6-5-12(17)8-14(15)18/h2-8H,9-10H2,1H3,(H,19,20). The topological polar surface area (TPSA) is 72.5 Å². The van der Waals surface area contributed by atoms with E-state index in [0.717, 1.165) is 6.26 Å². The van der Waals surface area contributed by atoms with Crippen molar-refractivity contribution in [2.45, 2.75) is 5.75 Å². The average Bonchev–Trinajstić information content (AvgIpc) is 2.45. The molecule has 1 amide bonds. The van der Waals surface area contributed by atoms with Crippen LogP contribution >= 0.6 is 23.2 Å². The Morgan fingerprint density at radius 3 is 2.58 bits per heavy atom. The van der Waals surface area contributed by atoms with E-state index in [9.17, 15) is 13.2 Å². The number of amides is 1. The Bertz CT molecular complexity index is 853. The van der Waals surface area contributed by atoms with Gasteiger partial charge in [-0.1, -0.05) is 35.3 Å². The summed E-state index contributed by atoms with van der Waals surface area (Å²) in [6, 6.07) is 11.3. The molecule has 0 atom stereocenters. The molecule has 0 spiro atoms. The third kappa shape index (κ3) is 6.03. The molecule has 0 aromatic heterocycles. The zero-order valence-corrected chi connectivity index (χ0v) is 15.1. The molecule has 0 unspecified atom stereocenters. The number of benzene rings is 2. The molecule has 0 aliphatic carbocycles. The van der Waals surface area contributed by atoms with E-state index in [0.29, 0.717) is 27.0 Å². The molecule has 0 saturated carbocycles. The van der Waals surface area contributed by atoms with Gasteiger partial charge in [0, 0.05) is 17.0 Å². The Hall–Kier alpha value is -1.76. The molecule has 0 aliphatic heterocycles. The van der Waals surface area contributed by atoms with Gasteiger partial charge in [-0.25, -0.2) is 8.42 Å². The maximum Gasteiger partial charge on any atom is 0.262 e. The van der Waals surface area contributed by atoms with Gasteiger partial charge >= 0.3 is 0 Å². The van der Waals surface area contributed by atoms with E-state index in [1.165, 1.54) is 6.07 Å². The highest BCUT2D eigenvalue weighted by atomic mass is 35.5. The number of nitrogens with one attached hydrogen (secondary N) is 1. The van der Waals surface area contributed by atoms with Crippen molar-refractivity contribution in [2.75, 3.05) is 18.2 Å². The summed E-state index contributed by atoms with van der Waals surface area (Å²) < 4.78 is 28.0. The first-order valence-electron chi connectivity index (χ1n) is 6.87. The molecule has 128 valence electrons. The van der Waals surface area contributed by atoms with Gasteiger partial charge in [0.15, 0.2) is 16.4 Å². The predicted octanol–water partition coefficient (Wildman–Crippen LogP) is 3.56. The van der Waals surface area contributed by atoms with Gasteiger partial charge in [-0.2, -0.15) is 0 Å². The third-order valence-corrected chi connectivity index (χ3v) is 4.28. The fourth-order valence-electron chi connectivity index (χ4n) is 1.97. The number of halogens is 2. The third-order valence-electron chi connectivity index (χ3n) is 2.89. The minimum Gasteiger partial charge on any atom is -0.482 e. The highest BCUT2D eigenvalue weighted by molar-refractivity contribution is 7.89.